The summed E-state index contributed by atoms with van der Waals surface area (Å²) in [6, 6.07) is 10.9. The molecule has 0 saturated carbocycles. The predicted molar refractivity (Wildman–Crippen MR) is 90.8 cm³/mol. The molecular weight excluding hydrogens is 364 g/mol. The molecule has 1 amide bonds. The zero-order valence-corrected chi connectivity index (χ0v) is 14.1. The Morgan fingerprint density at radius 1 is 1.27 bits per heavy atom. The molecule has 0 aliphatic rings. The molecule has 2 heterocycles. The highest BCUT2D eigenvalue weighted by atomic mass is 32.1. The predicted octanol–water partition coefficient (Wildman–Crippen LogP) is 2.97. The van der Waals surface area contributed by atoms with Gasteiger partial charge in [-0.2, -0.15) is 13.5 Å². The molecule has 134 valence electrons. The van der Waals surface area contributed by atoms with Gasteiger partial charge in [0.1, 0.15) is 23.0 Å². The molecular formula is C17H13F2N3O3S. The Bertz CT molecular complexity index is 900. The molecule has 6 nitrogen and oxygen atoms in total. The number of ether oxygens (including phenoxy) is 1. The number of amides is 1. The number of carbonyl (C=O) groups is 1. The summed E-state index contributed by atoms with van der Waals surface area (Å²) in [5.41, 5.74) is 1.30. The van der Waals surface area contributed by atoms with Crippen LogP contribution < -0.4 is 14.8 Å². The lowest BCUT2D eigenvalue weighted by Crippen LogP contribution is -2.35. The molecule has 0 aliphatic heterocycles. The molecule has 26 heavy (non-hydrogen) atoms. The second kappa shape index (κ2) is 7.87. The molecule has 3 rings (SSSR count). The van der Waals surface area contributed by atoms with Crippen LogP contribution in [0, 0.1) is 5.21 Å². The number of hydrogen-bond donors (Lipinski definition) is 1. The van der Waals surface area contributed by atoms with Gasteiger partial charge >= 0.3 is 6.61 Å². The first kappa shape index (κ1) is 17.7. The SMILES string of the molecule is O=C(NCc1cccc[n+]1[O-])c1csc(-c2ccc(OC(F)F)cc2)n1. The third kappa shape index (κ3) is 4.31. The Kier molecular flexibility index (Phi) is 5.37. The topological polar surface area (TPSA) is 78.2 Å². The smallest absolute Gasteiger partial charge is 0.387 e. The number of benzene rings is 1. The van der Waals surface area contributed by atoms with Crippen molar-refractivity contribution in [3.05, 3.63) is 70.6 Å². The number of pyridine rings is 1. The number of rotatable bonds is 6. The van der Waals surface area contributed by atoms with Crippen LogP contribution in [0.2, 0.25) is 0 Å². The van der Waals surface area contributed by atoms with Crippen LogP contribution in [0.4, 0.5) is 8.78 Å². The van der Waals surface area contributed by atoms with Crippen molar-refractivity contribution in [3.63, 3.8) is 0 Å². The van der Waals surface area contributed by atoms with Crippen LogP contribution in [-0.4, -0.2) is 17.5 Å². The van der Waals surface area contributed by atoms with Crippen molar-refractivity contribution >= 4 is 17.2 Å². The van der Waals surface area contributed by atoms with Gasteiger partial charge in [-0.25, -0.2) is 4.98 Å². The van der Waals surface area contributed by atoms with Gasteiger partial charge in [0.25, 0.3) is 5.91 Å². The standard InChI is InChI=1S/C17H13F2N3O3S/c18-17(19)25-13-6-4-11(5-7-13)16-21-14(10-26-16)15(23)20-9-12-3-1-2-8-22(12)24/h1-8,10,17H,9H2,(H,20,23). The molecule has 0 atom stereocenters. The molecule has 9 heteroatoms. The van der Waals surface area contributed by atoms with Crippen LogP contribution in [0.25, 0.3) is 10.6 Å². The van der Waals surface area contributed by atoms with E-state index in [1.54, 1.807) is 35.7 Å². The maximum atomic E-state index is 12.2. The molecule has 0 fully saturated rings. The van der Waals surface area contributed by atoms with Gasteiger partial charge in [0.2, 0.25) is 5.69 Å². The van der Waals surface area contributed by atoms with Crippen LogP contribution in [0.1, 0.15) is 16.2 Å². The zero-order chi connectivity index (χ0) is 18.5. The summed E-state index contributed by atoms with van der Waals surface area (Å²) in [5.74, 6) is -0.360. The molecule has 0 bridgehead atoms. The molecule has 0 saturated heterocycles. The maximum absolute atomic E-state index is 12.2. The number of alkyl halides is 2. The minimum Gasteiger partial charge on any atom is -0.618 e. The quantitative estimate of drug-likeness (QED) is 0.529. The van der Waals surface area contributed by atoms with Gasteiger partial charge in [-0.1, -0.05) is 0 Å². The second-order valence-corrected chi connectivity index (χ2v) is 6.00. The Labute approximate surface area is 151 Å². The summed E-state index contributed by atoms with van der Waals surface area (Å²) in [7, 11) is 0. The van der Waals surface area contributed by atoms with Gasteiger partial charge in [-0.15, -0.1) is 11.3 Å². The first-order valence-corrected chi connectivity index (χ1v) is 8.37. The van der Waals surface area contributed by atoms with Gasteiger partial charge < -0.3 is 15.3 Å². The number of aromatic nitrogens is 2. The number of halogens is 2. The Balaban J connectivity index is 1.65. The van der Waals surface area contributed by atoms with Crippen molar-refractivity contribution in [1.82, 2.24) is 10.3 Å². The third-order valence-electron chi connectivity index (χ3n) is 3.40. The van der Waals surface area contributed by atoms with E-state index in [0.29, 0.717) is 21.0 Å². The Morgan fingerprint density at radius 2 is 2.04 bits per heavy atom. The lowest BCUT2D eigenvalue weighted by Gasteiger charge is -2.05. The number of thiazole rings is 1. The Morgan fingerprint density at radius 3 is 2.73 bits per heavy atom. The van der Waals surface area contributed by atoms with Crippen molar-refractivity contribution in [2.75, 3.05) is 0 Å². The average Bonchev–Trinajstić information content (AvgIpc) is 3.11. The van der Waals surface area contributed by atoms with Crippen molar-refractivity contribution < 1.29 is 23.0 Å². The van der Waals surface area contributed by atoms with E-state index < -0.39 is 12.5 Å². The van der Waals surface area contributed by atoms with E-state index >= 15 is 0 Å². The van der Waals surface area contributed by atoms with Crippen LogP contribution in [0.3, 0.4) is 0 Å². The monoisotopic (exact) mass is 377 g/mol. The van der Waals surface area contributed by atoms with Crippen LogP contribution in [-0.2, 0) is 6.54 Å². The summed E-state index contributed by atoms with van der Waals surface area (Å²) in [4.78, 5) is 16.4. The lowest BCUT2D eigenvalue weighted by molar-refractivity contribution is -0.614. The number of carbonyl (C=O) groups excluding carboxylic acids is 1. The normalized spacial score (nSPS) is 10.7. The van der Waals surface area contributed by atoms with E-state index in [4.69, 9.17) is 0 Å². The van der Waals surface area contributed by atoms with Gasteiger partial charge in [0.05, 0.1) is 0 Å². The van der Waals surface area contributed by atoms with E-state index in [2.05, 4.69) is 15.0 Å². The molecule has 0 unspecified atom stereocenters. The van der Waals surface area contributed by atoms with Crippen molar-refractivity contribution in [1.29, 1.82) is 0 Å². The van der Waals surface area contributed by atoms with Gasteiger partial charge in [-0.05, 0) is 30.3 Å². The van der Waals surface area contributed by atoms with Crippen molar-refractivity contribution in [2.24, 2.45) is 0 Å². The van der Waals surface area contributed by atoms with E-state index in [0.717, 1.165) is 0 Å². The van der Waals surface area contributed by atoms with Gasteiger partial charge in [0.15, 0.2) is 6.20 Å². The average molecular weight is 377 g/mol. The molecule has 0 radical (unpaired) electrons. The summed E-state index contributed by atoms with van der Waals surface area (Å²) in [6.45, 7) is -2.80. The minimum atomic E-state index is -2.88. The zero-order valence-electron chi connectivity index (χ0n) is 13.3. The summed E-state index contributed by atoms with van der Waals surface area (Å²) >= 11 is 1.25. The van der Waals surface area contributed by atoms with Crippen LogP contribution in [0.5, 0.6) is 5.75 Å². The minimum absolute atomic E-state index is 0.0482. The highest BCUT2D eigenvalue weighted by molar-refractivity contribution is 7.13. The molecule has 1 aromatic carbocycles. The third-order valence-corrected chi connectivity index (χ3v) is 4.29. The molecule has 0 aliphatic carbocycles. The van der Waals surface area contributed by atoms with E-state index in [-0.39, 0.29) is 18.0 Å². The van der Waals surface area contributed by atoms with Gasteiger partial charge in [0, 0.05) is 23.1 Å². The van der Waals surface area contributed by atoms with Crippen molar-refractivity contribution in [2.45, 2.75) is 13.2 Å². The number of nitrogens with zero attached hydrogens (tertiary/aromatic N) is 2. The molecule has 3 aromatic rings. The number of hydrogen-bond acceptors (Lipinski definition) is 5. The summed E-state index contributed by atoms with van der Waals surface area (Å²) < 4.78 is 29.3. The van der Waals surface area contributed by atoms with E-state index in [1.165, 1.54) is 29.7 Å². The number of nitrogens with one attached hydrogen (secondary N) is 1. The fourth-order valence-electron chi connectivity index (χ4n) is 2.15. The first-order chi connectivity index (χ1) is 12.5. The summed E-state index contributed by atoms with van der Waals surface area (Å²) in [6.07, 6.45) is 1.35. The molecule has 2 aromatic heterocycles. The van der Waals surface area contributed by atoms with Crippen molar-refractivity contribution in [3.8, 4) is 16.3 Å². The second-order valence-electron chi connectivity index (χ2n) is 5.14. The fraction of sp³-hybridized carbons (Fsp3) is 0.118. The summed E-state index contributed by atoms with van der Waals surface area (Å²) in [5, 5.41) is 16.3. The highest BCUT2D eigenvalue weighted by Gasteiger charge is 2.14. The van der Waals surface area contributed by atoms with E-state index in [9.17, 15) is 18.8 Å². The van der Waals surface area contributed by atoms with E-state index in [1.807, 2.05) is 0 Å². The fourth-order valence-corrected chi connectivity index (χ4v) is 2.96. The largest absolute Gasteiger partial charge is 0.618 e. The Hall–Kier alpha value is -3.07. The van der Waals surface area contributed by atoms with Gasteiger partial charge in [-0.3, -0.25) is 4.79 Å². The van der Waals surface area contributed by atoms with Crippen LogP contribution in [0.15, 0.2) is 54.0 Å². The van der Waals surface area contributed by atoms with Crippen LogP contribution >= 0.6 is 11.3 Å². The highest BCUT2D eigenvalue weighted by Crippen LogP contribution is 2.26. The first-order valence-electron chi connectivity index (χ1n) is 7.49. The lowest BCUT2D eigenvalue weighted by atomic mass is 10.2. The molecule has 1 N–H and O–H groups in total. The molecule has 0 spiro atoms. The maximum Gasteiger partial charge on any atom is 0.387 e.